The van der Waals surface area contributed by atoms with Gasteiger partial charge in [-0.1, -0.05) is 0 Å². The van der Waals surface area contributed by atoms with Crippen molar-refractivity contribution in [1.29, 1.82) is 0 Å². The Hall–Kier alpha value is -2.38. The van der Waals surface area contributed by atoms with Gasteiger partial charge in [-0.25, -0.2) is 4.79 Å². The van der Waals surface area contributed by atoms with Crippen molar-refractivity contribution in [2.24, 2.45) is 0 Å². The Kier molecular flexibility index (Phi) is 5.53. The van der Waals surface area contributed by atoms with Gasteiger partial charge < -0.3 is 14.6 Å². The highest BCUT2D eigenvalue weighted by molar-refractivity contribution is 7.16. The van der Waals surface area contributed by atoms with Crippen LogP contribution in [-0.4, -0.2) is 37.7 Å². The van der Waals surface area contributed by atoms with Gasteiger partial charge in [0.2, 0.25) is 0 Å². The quantitative estimate of drug-likeness (QED) is 0.811. The summed E-state index contributed by atoms with van der Waals surface area (Å²) >= 11 is 1.53. The molecule has 0 saturated carbocycles. The first-order valence-electron chi connectivity index (χ1n) is 8.75. The van der Waals surface area contributed by atoms with E-state index in [1.807, 2.05) is 13.8 Å². The molecule has 1 aliphatic heterocycles. The Morgan fingerprint density at radius 2 is 2.00 bits per heavy atom. The number of aliphatic hydroxyl groups is 1. The van der Waals surface area contributed by atoms with Crippen LogP contribution >= 0.6 is 11.3 Å². The number of benzene rings is 1. The van der Waals surface area contributed by atoms with Crippen molar-refractivity contribution < 1.29 is 24.2 Å². The first-order chi connectivity index (χ1) is 12.9. The average Bonchev–Trinajstić information content (AvgIpc) is 2.87. The Bertz CT molecular complexity index is 889. The number of hydrogen-bond donors (Lipinski definition) is 1. The van der Waals surface area contributed by atoms with Gasteiger partial charge in [0.25, 0.3) is 5.91 Å². The molecule has 27 heavy (non-hydrogen) atoms. The van der Waals surface area contributed by atoms with E-state index in [2.05, 4.69) is 0 Å². The van der Waals surface area contributed by atoms with Crippen LogP contribution < -0.4 is 9.64 Å². The number of ether oxygens (including phenoxy) is 2. The number of methoxy groups -OCH3 is 2. The van der Waals surface area contributed by atoms with E-state index in [0.29, 0.717) is 30.7 Å². The van der Waals surface area contributed by atoms with Crippen molar-refractivity contribution >= 4 is 28.2 Å². The highest BCUT2D eigenvalue weighted by Gasteiger charge is 2.30. The summed E-state index contributed by atoms with van der Waals surface area (Å²) in [5.74, 6) is -0.404. The summed E-state index contributed by atoms with van der Waals surface area (Å²) in [5.41, 5.74) is 2.58. The molecule has 1 amide bonds. The molecule has 1 unspecified atom stereocenters. The van der Waals surface area contributed by atoms with Crippen molar-refractivity contribution in [2.45, 2.75) is 32.8 Å². The molecule has 1 atom stereocenters. The molecule has 0 spiro atoms. The fraction of sp³-hybridized carbons (Fsp3) is 0.400. The molecular formula is C20H23NO5S. The lowest BCUT2D eigenvalue weighted by Crippen LogP contribution is -2.31. The zero-order chi connectivity index (χ0) is 19.7. The molecular weight excluding hydrogens is 366 g/mol. The normalized spacial score (nSPS) is 16.5. The summed E-state index contributed by atoms with van der Waals surface area (Å²) in [7, 11) is 2.74. The van der Waals surface area contributed by atoms with Gasteiger partial charge in [-0.05, 0) is 50.5 Å². The molecule has 0 radical (unpaired) electrons. The van der Waals surface area contributed by atoms with Crippen LogP contribution in [0.25, 0.3) is 0 Å². The summed E-state index contributed by atoms with van der Waals surface area (Å²) in [6, 6.07) is 4.70. The first kappa shape index (κ1) is 19.4. The third-order valence-electron chi connectivity index (χ3n) is 4.95. The van der Waals surface area contributed by atoms with Crippen molar-refractivity contribution in [1.82, 2.24) is 0 Å². The van der Waals surface area contributed by atoms with Gasteiger partial charge in [-0.2, -0.15) is 0 Å². The van der Waals surface area contributed by atoms with Crippen LogP contribution in [0.4, 0.5) is 5.00 Å². The fourth-order valence-corrected chi connectivity index (χ4v) is 4.60. The number of fused-ring (bicyclic) bond motifs is 1. The minimum Gasteiger partial charge on any atom is -0.496 e. The number of amides is 1. The minimum atomic E-state index is -0.556. The molecule has 1 aliphatic rings. The van der Waals surface area contributed by atoms with E-state index in [-0.39, 0.29) is 11.5 Å². The van der Waals surface area contributed by atoms with E-state index in [1.165, 1.54) is 31.6 Å². The van der Waals surface area contributed by atoms with E-state index in [1.54, 1.807) is 17.0 Å². The van der Waals surface area contributed by atoms with Gasteiger partial charge in [0, 0.05) is 22.5 Å². The molecule has 0 aliphatic carbocycles. The second-order valence-corrected chi connectivity index (χ2v) is 7.73. The standard InChI is InChI=1S/C20H23NO5S/c1-11-12(2)27-19-17(11)15(22)6-5-9-21(19)18(23)13-7-8-14(20(24)26-4)16(10-13)25-3/h7-8,10,15,22H,5-6,9H2,1-4H3. The van der Waals surface area contributed by atoms with Crippen LogP contribution in [0.5, 0.6) is 5.75 Å². The van der Waals surface area contributed by atoms with Crippen molar-refractivity contribution in [3.05, 3.63) is 45.3 Å². The Morgan fingerprint density at radius 3 is 2.67 bits per heavy atom. The summed E-state index contributed by atoms with van der Waals surface area (Å²) in [4.78, 5) is 27.9. The lowest BCUT2D eigenvalue weighted by atomic mass is 10.0. The lowest BCUT2D eigenvalue weighted by Gasteiger charge is -2.21. The molecule has 3 rings (SSSR count). The molecule has 0 fully saturated rings. The van der Waals surface area contributed by atoms with Gasteiger partial charge >= 0.3 is 5.97 Å². The predicted molar refractivity (Wildman–Crippen MR) is 104 cm³/mol. The van der Waals surface area contributed by atoms with Crippen LogP contribution in [0, 0.1) is 13.8 Å². The number of carbonyl (C=O) groups excluding carboxylic acids is 2. The number of carbonyl (C=O) groups is 2. The number of esters is 1. The fourth-order valence-electron chi connectivity index (χ4n) is 3.36. The van der Waals surface area contributed by atoms with E-state index in [0.717, 1.165) is 21.0 Å². The summed E-state index contributed by atoms with van der Waals surface area (Å²) in [5, 5.41) is 11.3. The maximum Gasteiger partial charge on any atom is 0.341 e. The molecule has 2 heterocycles. The SMILES string of the molecule is COC(=O)c1ccc(C(=O)N2CCCC(O)c3c2sc(C)c3C)cc1OC. The van der Waals surface area contributed by atoms with Crippen LogP contribution in [0.1, 0.15) is 55.7 Å². The van der Waals surface area contributed by atoms with Gasteiger partial charge in [0.1, 0.15) is 16.3 Å². The lowest BCUT2D eigenvalue weighted by molar-refractivity contribution is 0.0596. The molecule has 2 aromatic rings. The van der Waals surface area contributed by atoms with Crippen molar-refractivity contribution in [3.8, 4) is 5.75 Å². The second kappa shape index (κ2) is 7.70. The molecule has 0 saturated heterocycles. The van der Waals surface area contributed by atoms with Crippen molar-refractivity contribution in [3.63, 3.8) is 0 Å². The number of aliphatic hydroxyl groups excluding tert-OH is 1. The first-order valence-corrected chi connectivity index (χ1v) is 9.56. The van der Waals surface area contributed by atoms with Crippen LogP contribution in [-0.2, 0) is 4.74 Å². The zero-order valence-electron chi connectivity index (χ0n) is 15.9. The summed E-state index contributed by atoms with van der Waals surface area (Å²) in [6.07, 6.45) is 0.779. The number of hydrogen-bond acceptors (Lipinski definition) is 6. The molecule has 0 bridgehead atoms. The number of thiophene rings is 1. The van der Waals surface area contributed by atoms with E-state index in [9.17, 15) is 14.7 Å². The molecule has 1 N–H and O–H groups in total. The molecule has 6 nitrogen and oxygen atoms in total. The monoisotopic (exact) mass is 389 g/mol. The smallest absolute Gasteiger partial charge is 0.341 e. The number of aryl methyl sites for hydroxylation is 1. The van der Waals surface area contributed by atoms with Gasteiger partial charge in [-0.15, -0.1) is 11.3 Å². The number of nitrogens with zero attached hydrogens (tertiary/aromatic N) is 1. The summed E-state index contributed by atoms with van der Waals surface area (Å²) in [6.45, 7) is 4.51. The van der Waals surface area contributed by atoms with Gasteiger partial charge in [-0.3, -0.25) is 9.69 Å². The van der Waals surface area contributed by atoms with E-state index in [4.69, 9.17) is 9.47 Å². The minimum absolute atomic E-state index is 0.179. The Morgan fingerprint density at radius 1 is 1.26 bits per heavy atom. The molecule has 7 heteroatoms. The summed E-state index contributed by atoms with van der Waals surface area (Å²) < 4.78 is 10.0. The number of anilines is 1. The average molecular weight is 389 g/mol. The Labute approximate surface area is 162 Å². The topological polar surface area (TPSA) is 76.1 Å². The highest BCUT2D eigenvalue weighted by Crippen LogP contribution is 2.43. The zero-order valence-corrected chi connectivity index (χ0v) is 16.7. The third kappa shape index (κ3) is 3.44. The maximum absolute atomic E-state index is 13.2. The Balaban J connectivity index is 2.02. The van der Waals surface area contributed by atoms with Gasteiger partial charge in [0.05, 0.1) is 20.3 Å². The molecule has 144 valence electrons. The van der Waals surface area contributed by atoms with E-state index >= 15 is 0 Å². The maximum atomic E-state index is 13.2. The van der Waals surface area contributed by atoms with Crippen LogP contribution in [0.3, 0.4) is 0 Å². The van der Waals surface area contributed by atoms with Crippen molar-refractivity contribution in [2.75, 3.05) is 25.7 Å². The number of rotatable bonds is 3. The van der Waals surface area contributed by atoms with Crippen LogP contribution in [0.2, 0.25) is 0 Å². The highest BCUT2D eigenvalue weighted by atomic mass is 32.1. The third-order valence-corrected chi connectivity index (χ3v) is 6.19. The molecule has 1 aromatic carbocycles. The van der Waals surface area contributed by atoms with Gasteiger partial charge in [0.15, 0.2) is 0 Å². The largest absolute Gasteiger partial charge is 0.496 e. The van der Waals surface area contributed by atoms with E-state index < -0.39 is 12.1 Å². The second-order valence-electron chi connectivity index (χ2n) is 6.52. The van der Waals surface area contributed by atoms with Crippen LogP contribution in [0.15, 0.2) is 18.2 Å². The predicted octanol–water partition coefficient (Wildman–Crippen LogP) is 3.63. The molecule has 1 aromatic heterocycles.